The predicted octanol–water partition coefficient (Wildman–Crippen LogP) is -0.330. The Kier molecular flexibility index (Phi) is 11.5. The van der Waals surface area contributed by atoms with Crippen LogP contribution in [0.25, 0.3) is 0 Å². The normalized spacial score (nSPS) is 13.0. The molecule has 0 bridgehead atoms. The van der Waals surface area contributed by atoms with Crippen molar-refractivity contribution < 1.29 is 60.6 Å². The molecule has 0 unspecified atom stereocenters. The van der Waals surface area contributed by atoms with Gasteiger partial charge >= 0.3 is 35.4 Å². The molecule has 21 heavy (non-hydrogen) atoms. The zero-order valence-corrected chi connectivity index (χ0v) is 12.5. The fraction of sp³-hybridized carbons (Fsp3) is 1.00. The number of hydrogen-bond donors (Lipinski definition) is 0. The molecule has 0 aliphatic rings. The number of hydrogen-bond acceptors (Lipinski definition) is 8. The van der Waals surface area contributed by atoms with Gasteiger partial charge in [0.2, 0.25) is 20.8 Å². The van der Waals surface area contributed by atoms with E-state index in [4.69, 9.17) is 0 Å². The van der Waals surface area contributed by atoms with Crippen LogP contribution in [0.4, 0.5) is 26.3 Å². The van der Waals surface area contributed by atoms with Crippen LogP contribution in [0.1, 0.15) is 0 Å². The quantitative estimate of drug-likeness (QED) is 0.279. The van der Waals surface area contributed by atoms with Crippen LogP contribution in [0.5, 0.6) is 0 Å². The van der Waals surface area contributed by atoms with E-state index in [1.165, 1.54) is 0 Å². The van der Waals surface area contributed by atoms with Gasteiger partial charge in [0.25, 0.3) is 0 Å². The van der Waals surface area contributed by atoms with E-state index in [0.29, 0.717) is 0 Å². The van der Waals surface area contributed by atoms with Crippen LogP contribution in [0, 0.1) is 0 Å². The first-order valence-corrected chi connectivity index (χ1v) is 6.42. The van der Waals surface area contributed by atoms with Crippen molar-refractivity contribution in [2.45, 2.75) is 12.4 Å². The first-order chi connectivity index (χ1) is 8.41. The fourth-order valence-corrected chi connectivity index (χ4v) is 0.834. The van der Waals surface area contributed by atoms with Crippen molar-refractivity contribution >= 4 is 43.9 Å². The summed E-state index contributed by atoms with van der Waals surface area (Å²) in [5.74, 6) is 0. The van der Waals surface area contributed by atoms with Crippen molar-refractivity contribution in [1.82, 2.24) is 0 Å². The van der Waals surface area contributed by atoms with E-state index in [1.807, 2.05) is 0 Å². The monoisotopic (exact) mass is 382 g/mol. The van der Waals surface area contributed by atoms with E-state index in [-0.39, 0.29) is 23.1 Å². The standard InChI is InChI=1S/2C2H3F3O4S.Mg/c2*3-2(4,5)1-9-10(6,7)8;/h2*1H2,(H,6,7,8);/q;;+2/p-2. The van der Waals surface area contributed by atoms with E-state index >= 15 is 0 Å². The molecule has 17 heteroatoms. The van der Waals surface area contributed by atoms with Crippen molar-refractivity contribution in [1.29, 1.82) is 0 Å². The summed E-state index contributed by atoms with van der Waals surface area (Å²) in [6.45, 7) is -4.14. The minimum atomic E-state index is -5.23. The molecule has 0 aromatic rings. The summed E-state index contributed by atoms with van der Waals surface area (Å²) in [4.78, 5) is 0. The maximum Gasteiger partial charge on any atom is 2.00 e. The van der Waals surface area contributed by atoms with Gasteiger partial charge < -0.3 is 9.11 Å². The molecule has 124 valence electrons. The third-order valence-electron chi connectivity index (χ3n) is 0.734. The first-order valence-electron chi connectivity index (χ1n) is 3.75. The smallest absolute Gasteiger partial charge is 0.726 e. The summed E-state index contributed by atoms with van der Waals surface area (Å²) in [7, 11) is -10.5. The molecule has 0 saturated carbocycles. The maximum atomic E-state index is 11.1. The molecule has 0 heterocycles. The molecule has 0 spiro atoms. The van der Waals surface area contributed by atoms with Crippen LogP contribution in [0.2, 0.25) is 0 Å². The number of rotatable bonds is 4. The third kappa shape index (κ3) is 33.1. The third-order valence-corrected chi connectivity index (χ3v) is 1.55. The van der Waals surface area contributed by atoms with Crippen molar-refractivity contribution in [2.24, 2.45) is 0 Å². The van der Waals surface area contributed by atoms with Crippen LogP contribution >= 0.6 is 0 Å². The molecular weight excluding hydrogens is 378 g/mol. The van der Waals surface area contributed by atoms with Gasteiger partial charge in [-0.05, 0) is 0 Å². The fourth-order valence-electron chi connectivity index (χ4n) is 0.278. The summed E-state index contributed by atoms with van der Waals surface area (Å²) in [5, 5.41) is 0. The Labute approximate surface area is 130 Å². The van der Waals surface area contributed by atoms with E-state index in [2.05, 4.69) is 8.37 Å². The van der Waals surface area contributed by atoms with E-state index in [0.717, 1.165) is 0 Å². The summed E-state index contributed by atoms with van der Waals surface area (Å²) < 4.78 is 129. The minimum Gasteiger partial charge on any atom is -0.726 e. The van der Waals surface area contributed by atoms with Gasteiger partial charge in [0, 0.05) is 0 Å². The molecule has 0 aromatic heterocycles. The van der Waals surface area contributed by atoms with Crippen molar-refractivity contribution in [3.63, 3.8) is 0 Å². The Bertz CT molecular complexity index is 434. The first kappa shape index (κ1) is 26.0. The van der Waals surface area contributed by atoms with Gasteiger partial charge in [-0.3, -0.25) is 8.37 Å². The van der Waals surface area contributed by atoms with Crippen molar-refractivity contribution in [2.75, 3.05) is 13.2 Å². The zero-order chi connectivity index (χ0) is 16.8. The van der Waals surface area contributed by atoms with Crippen LogP contribution in [-0.4, -0.2) is 74.6 Å². The molecule has 0 atom stereocenters. The van der Waals surface area contributed by atoms with Gasteiger partial charge in [0.05, 0.1) is 0 Å². The van der Waals surface area contributed by atoms with Crippen molar-refractivity contribution in [3.8, 4) is 0 Å². The maximum absolute atomic E-state index is 11.1. The van der Waals surface area contributed by atoms with Gasteiger partial charge in [-0.25, -0.2) is 16.8 Å². The molecule has 0 amide bonds. The van der Waals surface area contributed by atoms with E-state index in [9.17, 15) is 52.3 Å². The molecule has 0 aliphatic heterocycles. The summed E-state index contributed by atoms with van der Waals surface area (Å²) in [6.07, 6.45) is -9.59. The second-order valence-corrected chi connectivity index (χ2v) is 4.68. The zero-order valence-electron chi connectivity index (χ0n) is 9.47. The molecule has 0 fully saturated rings. The van der Waals surface area contributed by atoms with Crippen LogP contribution in [0.3, 0.4) is 0 Å². The van der Waals surface area contributed by atoms with Crippen molar-refractivity contribution in [3.05, 3.63) is 0 Å². The van der Waals surface area contributed by atoms with Crippen LogP contribution < -0.4 is 0 Å². The number of alkyl halides is 6. The molecule has 0 rings (SSSR count). The second kappa shape index (κ2) is 9.28. The SMILES string of the molecule is O=S(=O)([O-])OCC(F)(F)F.O=S(=O)([O-])OCC(F)(F)F.[Mg+2]. The molecule has 0 N–H and O–H groups in total. The summed E-state index contributed by atoms with van der Waals surface area (Å²) in [5.41, 5.74) is 0. The van der Waals surface area contributed by atoms with Gasteiger partial charge in [-0.2, -0.15) is 26.3 Å². The van der Waals surface area contributed by atoms with Gasteiger partial charge in [0.15, 0.2) is 13.2 Å². The average Bonchev–Trinajstić information content (AvgIpc) is 2.09. The van der Waals surface area contributed by atoms with Crippen LogP contribution in [-0.2, 0) is 29.2 Å². The van der Waals surface area contributed by atoms with E-state index in [1.54, 1.807) is 0 Å². The van der Waals surface area contributed by atoms with Crippen LogP contribution in [0.15, 0.2) is 0 Å². The summed E-state index contributed by atoms with van der Waals surface area (Å²) in [6, 6.07) is 0. The second-order valence-electron chi connectivity index (χ2n) is 2.57. The Morgan fingerprint density at radius 2 is 0.905 bits per heavy atom. The topological polar surface area (TPSA) is 133 Å². The van der Waals surface area contributed by atoms with Gasteiger partial charge in [-0.15, -0.1) is 0 Å². The predicted molar refractivity (Wildman–Crippen MR) is 49.2 cm³/mol. The Balaban J connectivity index is -0.000000295. The molecule has 8 nitrogen and oxygen atoms in total. The Morgan fingerprint density at radius 1 is 0.714 bits per heavy atom. The van der Waals surface area contributed by atoms with Gasteiger partial charge in [-0.1, -0.05) is 0 Å². The molecule has 0 aromatic carbocycles. The largest absolute Gasteiger partial charge is 2.00 e. The molecule has 0 radical (unpaired) electrons. The number of halogens is 6. The average molecular weight is 382 g/mol. The van der Waals surface area contributed by atoms with E-state index < -0.39 is 46.4 Å². The molecule has 0 aliphatic carbocycles. The Hall–Kier alpha value is 0.0862. The minimum absolute atomic E-state index is 0. The van der Waals surface area contributed by atoms with Gasteiger partial charge in [0.1, 0.15) is 0 Å². The Morgan fingerprint density at radius 3 is 0.952 bits per heavy atom. The summed E-state index contributed by atoms with van der Waals surface area (Å²) >= 11 is 0. The molecular formula is C4H4F6MgO8S2. The molecule has 0 saturated heterocycles.